The minimum Gasteiger partial charge on any atom is -0.396 e. The van der Waals surface area contributed by atoms with Crippen LogP contribution in [0.15, 0.2) is 0 Å². The lowest BCUT2D eigenvalue weighted by molar-refractivity contribution is 0.228. The van der Waals surface area contributed by atoms with Crippen molar-refractivity contribution >= 4 is 19.6 Å². The second-order valence-electron chi connectivity index (χ2n) is 2.12. The number of thioether (sulfide) groups is 1. The maximum Gasteiger partial charge on any atom is 0.121 e. The third-order valence-electron chi connectivity index (χ3n) is 1.09. The van der Waals surface area contributed by atoms with E-state index in [2.05, 4.69) is 0 Å². The lowest BCUT2D eigenvalue weighted by atomic mass is 10.1. The first-order valence-electron chi connectivity index (χ1n) is 3.22. The maximum absolute atomic E-state index is 8.61. The smallest absolute Gasteiger partial charge is 0.121 e. The average Bonchev–Trinajstić information content (AvgIpc) is 1.99. The molecule has 0 amide bonds. The molecule has 60 valence electrons. The van der Waals surface area contributed by atoms with Crippen molar-refractivity contribution in [1.82, 2.24) is 0 Å². The van der Waals surface area contributed by atoms with E-state index in [1.807, 2.05) is 7.85 Å². The molecule has 1 atom stereocenters. The summed E-state index contributed by atoms with van der Waals surface area (Å²) in [6.45, 7) is 0.0121. The third-order valence-corrected chi connectivity index (χ3v) is 2.39. The third kappa shape index (κ3) is 4.16. The Balaban J connectivity index is 3.41. The minimum atomic E-state index is -0.151. The van der Waals surface area contributed by atoms with Crippen LogP contribution in [-0.2, 0) is 0 Å². The molecule has 5 heteroatoms. The molecule has 0 spiro atoms. The molecule has 0 aromatic carbocycles. The number of hydrogen-bond acceptors (Lipinski definition) is 4. The molecule has 0 aromatic rings. The minimum absolute atomic E-state index is 0.0362. The summed E-state index contributed by atoms with van der Waals surface area (Å²) in [6.07, 6.45) is 0. The topological polar surface area (TPSA) is 60.7 Å². The molecule has 3 nitrogen and oxygen atoms in total. The molecule has 0 heterocycles. The van der Waals surface area contributed by atoms with Gasteiger partial charge in [-0.15, -0.1) is 0 Å². The van der Waals surface area contributed by atoms with E-state index in [9.17, 15) is 0 Å². The van der Waals surface area contributed by atoms with Crippen LogP contribution in [0.3, 0.4) is 0 Å². The first kappa shape index (κ1) is 10.3. The summed E-state index contributed by atoms with van der Waals surface area (Å²) < 4.78 is 0. The van der Waals surface area contributed by atoms with Crippen LogP contribution < -0.4 is 0 Å². The van der Waals surface area contributed by atoms with E-state index >= 15 is 0 Å². The normalized spacial score (nSPS) is 14.0. The van der Waals surface area contributed by atoms with Crippen LogP contribution in [0.1, 0.15) is 0 Å². The molecule has 0 aliphatic heterocycles. The SMILES string of the molecule is B[C@@H](CO)SC(CO)CO. The van der Waals surface area contributed by atoms with Crippen molar-refractivity contribution in [3.05, 3.63) is 0 Å². The zero-order chi connectivity index (χ0) is 7.98. The molecule has 0 aromatic heterocycles. The van der Waals surface area contributed by atoms with Gasteiger partial charge in [0.2, 0.25) is 0 Å². The molecule has 0 unspecified atom stereocenters. The molecule has 0 rings (SSSR count). The Morgan fingerprint density at radius 2 is 1.60 bits per heavy atom. The predicted octanol–water partition coefficient (Wildman–Crippen LogP) is -1.98. The van der Waals surface area contributed by atoms with E-state index in [-0.39, 0.29) is 30.2 Å². The van der Waals surface area contributed by atoms with Crippen LogP contribution in [0.2, 0.25) is 0 Å². The van der Waals surface area contributed by atoms with E-state index in [1.165, 1.54) is 11.8 Å². The van der Waals surface area contributed by atoms with Crippen molar-refractivity contribution in [3.8, 4) is 0 Å². The van der Waals surface area contributed by atoms with Gasteiger partial charge in [-0.05, 0) is 5.15 Å². The molecule has 0 bridgehead atoms. The van der Waals surface area contributed by atoms with Crippen LogP contribution in [0.5, 0.6) is 0 Å². The molecule has 3 N–H and O–H groups in total. The van der Waals surface area contributed by atoms with Crippen LogP contribution >= 0.6 is 11.8 Å². The van der Waals surface area contributed by atoms with Crippen LogP contribution in [-0.4, -0.2) is 53.4 Å². The van der Waals surface area contributed by atoms with Gasteiger partial charge in [-0.1, -0.05) is 0 Å². The number of aliphatic hydroxyl groups is 3. The zero-order valence-corrected chi connectivity index (χ0v) is 6.84. The van der Waals surface area contributed by atoms with Crippen molar-refractivity contribution in [2.24, 2.45) is 0 Å². The Bertz CT molecular complexity index is 79.3. The molecule has 0 saturated heterocycles. The van der Waals surface area contributed by atoms with Gasteiger partial charge in [0.1, 0.15) is 7.85 Å². The fourth-order valence-electron chi connectivity index (χ4n) is 0.515. The summed E-state index contributed by atoms with van der Waals surface area (Å²) >= 11 is 1.39. The van der Waals surface area contributed by atoms with E-state index in [4.69, 9.17) is 15.3 Å². The van der Waals surface area contributed by atoms with Crippen LogP contribution in [0.25, 0.3) is 0 Å². The molecular formula is C5H13BO3S. The Labute approximate surface area is 65.9 Å². The van der Waals surface area contributed by atoms with Crippen molar-refractivity contribution < 1.29 is 15.3 Å². The van der Waals surface area contributed by atoms with Crippen molar-refractivity contribution in [1.29, 1.82) is 0 Å². The Morgan fingerprint density at radius 1 is 1.10 bits per heavy atom. The average molecular weight is 164 g/mol. The van der Waals surface area contributed by atoms with Gasteiger partial charge in [0.25, 0.3) is 0 Å². The van der Waals surface area contributed by atoms with E-state index in [1.54, 1.807) is 0 Å². The summed E-state index contributed by atoms with van der Waals surface area (Å²) in [4.78, 5) is 0. The largest absolute Gasteiger partial charge is 0.396 e. The first-order valence-corrected chi connectivity index (χ1v) is 4.16. The summed E-state index contributed by atoms with van der Waals surface area (Å²) in [5.41, 5.74) is 0. The summed E-state index contributed by atoms with van der Waals surface area (Å²) in [7, 11) is 1.85. The van der Waals surface area contributed by atoms with Gasteiger partial charge < -0.3 is 15.3 Å². The highest BCUT2D eigenvalue weighted by atomic mass is 32.2. The Kier molecular flexibility index (Phi) is 6.21. The Morgan fingerprint density at radius 3 is 1.90 bits per heavy atom. The van der Waals surface area contributed by atoms with Gasteiger partial charge in [-0.2, -0.15) is 11.8 Å². The number of rotatable bonds is 5. The summed E-state index contributed by atoms with van der Waals surface area (Å²) in [5.74, 6) is 0. The quantitative estimate of drug-likeness (QED) is 0.412. The zero-order valence-electron chi connectivity index (χ0n) is 6.03. The highest BCUT2D eigenvalue weighted by Gasteiger charge is 2.10. The molecule has 0 fully saturated rings. The maximum atomic E-state index is 8.61. The Hall–Kier alpha value is 0.295. The van der Waals surface area contributed by atoms with Gasteiger partial charge in [0.15, 0.2) is 0 Å². The highest BCUT2D eigenvalue weighted by molar-refractivity contribution is 8.01. The number of hydrogen-bond donors (Lipinski definition) is 3. The van der Waals surface area contributed by atoms with Gasteiger partial charge in [0, 0.05) is 6.61 Å². The van der Waals surface area contributed by atoms with Gasteiger partial charge >= 0.3 is 0 Å². The standard InChI is InChI=1S/C5H13BO3S/c6-5(3-9)10-4(1-7)2-8/h4-5,7-9H,1-3,6H2/t5-/m1/s1. The monoisotopic (exact) mass is 164 g/mol. The fraction of sp³-hybridized carbons (Fsp3) is 1.00. The van der Waals surface area contributed by atoms with Crippen molar-refractivity contribution in [2.45, 2.75) is 10.4 Å². The predicted molar refractivity (Wildman–Crippen MR) is 45.0 cm³/mol. The lowest BCUT2D eigenvalue weighted by Gasteiger charge is -2.14. The van der Waals surface area contributed by atoms with Gasteiger partial charge in [-0.25, -0.2) is 0 Å². The summed E-state index contributed by atoms with van der Waals surface area (Å²) in [6, 6.07) is 0. The molecular weight excluding hydrogens is 151 g/mol. The number of aliphatic hydroxyl groups excluding tert-OH is 3. The van der Waals surface area contributed by atoms with Crippen LogP contribution in [0, 0.1) is 0 Å². The molecule has 0 aliphatic rings. The van der Waals surface area contributed by atoms with E-state index < -0.39 is 0 Å². The second kappa shape index (κ2) is 6.03. The summed E-state index contributed by atoms with van der Waals surface area (Å²) in [5, 5.41) is 25.7. The highest BCUT2D eigenvalue weighted by Crippen LogP contribution is 2.13. The lowest BCUT2D eigenvalue weighted by Crippen LogP contribution is -2.20. The van der Waals surface area contributed by atoms with Crippen molar-refractivity contribution in [3.63, 3.8) is 0 Å². The molecule has 10 heavy (non-hydrogen) atoms. The van der Waals surface area contributed by atoms with E-state index in [0.29, 0.717) is 0 Å². The molecule has 0 saturated carbocycles. The fourth-order valence-corrected chi connectivity index (χ4v) is 1.43. The molecule has 0 radical (unpaired) electrons. The second-order valence-corrected chi connectivity index (χ2v) is 3.86. The first-order chi connectivity index (χ1) is 4.74. The van der Waals surface area contributed by atoms with Crippen LogP contribution in [0.4, 0.5) is 0 Å². The van der Waals surface area contributed by atoms with Gasteiger partial charge in [-0.3, -0.25) is 0 Å². The van der Waals surface area contributed by atoms with Crippen molar-refractivity contribution in [2.75, 3.05) is 19.8 Å². The molecule has 0 aliphatic carbocycles. The van der Waals surface area contributed by atoms with E-state index in [0.717, 1.165) is 0 Å². The van der Waals surface area contributed by atoms with Gasteiger partial charge in [0.05, 0.1) is 18.5 Å².